The number of hydrogen-bond acceptors (Lipinski definition) is 5. The predicted molar refractivity (Wildman–Crippen MR) is 71.0 cm³/mol. The molecule has 0 aliphatic carbocycles. The quantitative estimate of drug-likeness (QED) is 0.634. The first kappa shape index (κ1) is 12.5. The van der Waals surface area contributed by atoms with Gasteiger partial charge in [-0.05, 0) is 36.1 Å². The zero-order valence-corrected chi connectivity index (χ0v) is 11.1. The second-order valence-corrected chi connectivity index (χ2v) is 4.59. The molecule has 7 nitrogen and oxygen atoms in total. The number of nitro groups is 1. The Bertz CT molecular complexity index is 663. The number of fused-ring (bicyclic) bond motifs is 1. The zero-order valence-electron chi connectivity index (χ0n) is 11.1. The Balaban J connectivity index is 2.09. The molecule has 20 heavy (non-hydrogen) atoms. The van der Waals surface area contributed by atoms with Crippen LogP contribution in [0.15, 0.2) is 24.3 Å². The van der Waals surface area contributed by atoms with E-state index in [1.54, 1.807) is 31.4 Å². The van der Waals surface area contributed by atoms with Crippen molar-refractivity contribution in [3.05, 3.63) is 34.4 Å². The highest BCUT2D eigenvalue weighted by Crippen LogP contribution is 2.37. The first-order valence-electron chi connectivity index (χ1n) is 6.16. The zero-order chi connectivity index (χ0) is 14.3. The molecule has 2 heterocycles. The lowest BCUT2D eigenvalue weighted by atomic mass is 10.1. The molecule has 3 rings (SSSR count). The van der Waals surface area contributed by atoms with Crippen molar-refractivity contribution in [3.63, 3.8) is 0 Å². The van der Waals surface area contributed by atoms with E-state index in [-0.39, 0.29) is 11.9 Å². The Morgan fingerprint density at radius 1 is 1.45 bits per heavy atom. The van der Waals surface area contributed by atoms with E-state index in [4.69, 9.17) is 9.47 Å². The third-order valence-corrected chi connectivity index (χ3v) is 3.19. The van der Waals surface area contributed by atoms with Gasteiger partial charge in [0.15, 0.2) is 5.69 Å². The molecule has 0 fully saturated rings. The molecule has 7 heteroatoms. The summed E-state index contributed by atoms with van der Waals surface area (Å²) in [5.74, 6) is 0.655. The minimum Gasteiger partial charge on any atom is -0.497 e. The van der Waals surface area contributed by atoms with Crippen molar-refractivity contribution < 1.29 is 14.4 Å². The van der Waals surface area contributed by atoms with Crippen LogP contribution in [0.5, 0.6) is 11.8 Å². The summed E-state index contributed by atoms with van der Waals surface area (Å²) in [5.41, 5.74) is 0.982. The lowest BCUT2D eigenvalue weighted by Gasteiger charge is -2.03. The Kier molecular flexibility index (Phi) is 2.81. The lowest BCUT2D eigenvalue weighted by Crippen LogP contribution is -2.10. The fourth-order valence-corrected chi connectivity index (χ4v) is 2.28. The molecule has 0 N–H and O–H groups in total. The number of benzene rings is 1. The van der Waals surface area contributed by atoms with Crippen LogP contribution >= 0.6 is 0 Å². The molecule has 0 radical (unpaired) electrons. The van der Waals surface area contributed by atoms with Crippen LogP contribution < -0.4 is 9.47 Å². The van der Waals surface area contributed by atoms with Gasteiger partial charge in [0, 0.05) is 5.56 Å². The summed E-state index contributed by atoms with van der Waals surface area (Å²) < 4.78 is 12.0. The molecular weight excluding hydrogens is 262 g/mol. The number of nitrogens with zero attached hydrogens (tertiary/aromatic N) is 3. The third kappa shape index (κ3) is 1.87. The van der Waals surface area contributed by atoms with Gasteiger partial charge in [0.1, 0.15) is 18.4 Å². The summed E-state index contributed by atoms with van der Waals surface area (Å²) in [6.07, 6.45) is -0.0962. The molecule has 1 aromatic heterocycles. The first-order valence-corrected chi connectivity index (χ1v) is 6.16. The fraction of sp³-hybridized carbons (Fsp3) is 0.308. The maximum atomic E-state index is 11.3. The molecule has 1 aliphatic heterocycles. The lowest BCUT2D eigenvalue weighted by molar-refractivity contribution is -0.391. The number of methoxy groups -OCH3 is 1. The minimum absolute atomic E-state index is 0.0329. The van der Waals surface area contributed by atoms with E-state index < -0.39 is 4.92 Å². The number of rotatable bonds is 3. The van der Waals surface area contributed by atoms with E-state index >= 15 is 0 Å². The smallest absolute Gasteiger partial charge is 0.392 e. The SMILES string of the molecule is COc1ccc(-c2nc3n(c2[N+](=O)[O-])CC(C)O3)cc1. The minimum atomic E-state index is -0.419. The van der Waals surface area contributed by atoms with Gasteiger partial charge in [-0.15, -0.1) is 0 Å². The molecule has 104 valence electrons. The van der Waals surface area contributed by atoms with Crippen molar-refractivity contribution in [2.75, 3.05) is 7.11 Å². The highest BCUT2D eigenvalue weighted by atomic mass is 16.6. The van der Waals surface area contributed by atoms with E-state index in [0.717, 1.165) is 0 Å². The molecule has 1 aromatic carbocycles. The van der Waals surface area contributed by atoms with Crippen molar-refractivity contribution in [1.82, 2.24) is 9.55 Å². The van der Waals surface area contributed by atoms with Crippen LogP contribution in [0, 0.1) is 10.1 Å². The van der Waals surface area contributed by atoms with Crippen LogP contribution in [-0.4, -0.2) is 27.7 Å². The second kappa shape index (κ2) is 4.52. The second-order valence-electron chi connectivity index (χ2n) is 4.59. The molecule has 0 spiro atoms. The molecule has 0 saturated carbocycles. The number of aromatic nitrogens is 2. The van der Waals surface area contributed by atoms with E-state index in [0.29, 0.717) is 29.6 Å². The monoisotopic (exact) mass is 275 g/mol. The van der Waals surface area contributed by atoms with Crippen LogP contribution in [0.1, 0.15) is 6.92 Å². The molecule has 0 amide bonds. The fourth-order valence-electron chi connectivity index (χ4n) is 2.28. The standard InChI is InChI=1S/C13H13N3O4/c1-8-7-15-12(16(17)18)11(14-13(15)20-8)9-3-5-10(19-2)6-4-9/h3-6,8H,7H2,1-2H3. The van der Waals surface area contributed by atoms with Crippen molar-refractivity contribution in [1.29, 1.82) is 0 Å². The Morgan fingerprint density at radius 2 is 2.15 bits per heavy atom. The molecule has 0 bridgehead atoms. The first-order chi connectivity index (χ1) is 9.60. The highest BCUT2D eigenvalue weighted by molar-refractivity contribution is 5.69. The Hall–Kier alpha value is -2.57. The summed E-state index contributed by atoms with van der Waals surface area (Å²) in [5, 5.41) is 11.3. The van der Waals surface area contributed by atoms with Gasteiger partial charge < -0.3 is 19.6 Å². The van der Waals surface area contributed by atoms with Crippen LogP contribution in [0.2, 0.25) is 0 Å². The van der Waals surface area contributed by atoms with Crippen LogP contribution in [-0.2, 0) is 6.54 Å². The van der Waals surface area contributed by atoms with Crippen molar-refractivity contribution in [3.8, 4) is 23.0 Å². The largest absolute Gasteiger partial charge is 0.497 e. The van der Waals surface area contributed by atoms with E-state index in [2.05, 4.69) is 4.98 Å². The summed E-state index contributed by atoms with van der Waals surface area (Å²) in [7, 11) is 1.57. The van der Waals surface area contributed by atoms with Gasteiger partial charge in [-0.2, -0.15) is 9.55 Å². The topological polar surface area (TPSA) is 79.4 Å². The highest BCUT2D eigenvalue weighted by Gasteiger charge is 2.36. The third-order valence-electron chi connectivity index (χ3n) is 3.19. The van der Waals surface area contributed by atoms with Gasteiger partial charge in [0.2, 0.25) is 0 Å². The Labute approximate surface area is 114 Å². The molecular formula is C13H13N3O4. The molecule has 1 atom stereocenters. The van der Waals surface area contributed by atoms with Crippen molar-refractivity contribution in [2.24, 2.45) is 0 Å². The van der Waals surface area contributed by atoms with Crippen LogP contribution in [0.4, 0.5) is 5.82 Å². The van der Waals surface area contributed by atoms with E-state index in [1.807, 2.05) is 6.92 Å². The number of hydrogen-bond donors (Lipinski definition) is 0. The predicted octanol–water partition coefficient (Wildman–Crippen LogP) is 2.25. The number of ether oxygens (including phenoxy) is 2. The van der Waals surface area contributed by atoms with E-state index in [9.17, 15) is 10.1 Å². The maximum Gasteiger partial charge on any atom is 0.392 e. The van der Waals surface area contributed by atoms with Gasteiger partial charge in [0.25, 0.3) is 0 Å². The summed E-state index contributed by atoms with van der Waals surface area (Å²) in [4.78, 5) is 15.1. The van der Waals surface area contributed by atoms with E-state index in [1.165, 1.54) is 4.57 Å². The van der Waals surface area contributed by atoms with Gasteiger partial charge in [-0.1, -0.05) is 0 Å². The maximum absolute atomic E-state index is 11.3. The van der Waals surface area contributed by atoms with Crippen LogP contribution in [0.3, 0.4) is 0 Å². The average Bonchev–Trinajstić information content (AvgIpc) is 2.94. The van der Waals surface area contributed by atoms with Crippen molar-refractivity contribution >= 4 is 5.82 Å². The van der Waals surface area contributed by atoms with Crippen molar-refractivity contribution in [2.45, 2.75) is 19.6 Å². The van der Waals surface area contributed by atoms with Crippen LogP contribution in [0.25, 0.3) is 11.3 Å². The van der Waals surface area contributed by atoms with Gasteiger partial charge >= 0.3 is 11.8 Å². The molecule has 1 aliphatic rings. The molecule has 2 aromatic rings. The summed E-state index contributed by atoms with van der Waals surface area (Å²) in [6.45, 7) is 2.29. The average molecular weight is 275 g/mol. The van der Waals surface area contributed by atoms with Gasteiger partial charge in [-0.25, -0.2) is 0 Å². The molecule has 0 saturated heterocycles. The normalized spacial score (nSPS) is 16.6. The van der Waals surface area contributed by atoms with Gasteiger partial charge in [-0.3, -0.25) is 0 Å². The summed E-state index contributed by atoms with van der Waals surface area (Å²) in [6, 6.07) is 7.27. The van der Waals surface area contributed by atoms with Gasteiger partial charge in [0.05, 0.1) is 7.11 Å². The number of imidazole rings is 1. The summed E-state index contributed by atoms with van der Waals surface area (Å²) >= 11 is 0. The molecule has 1 unspecified atom stereocenters. The Morgan fingerprint density at radius 3 is 2.75 bits per heavy atom.